The van der Waals surface area contributed by atoms with Gasteiger partial charge in [0.15, 0.2) is 0 Å². The molecule has 2 aromatic rings. The van der Waals surface area contributed by atoms with Crippen LogP contribution in [0.1, 0.15) is 11.3 Å². The maximum atomic E-state index is 12.0. The van der Waals surface area contributed by atoms with E-state index in [9.17, 15) is 4.79 Å². The number of amides is 1. The fourth-order valence-electron chi connectivity index (χ4n) is 1.62. The van der Waals surface area contributed by atoms with Gasteiger partial charge in [-0.2, -0.15) is 5.26 Å². The van der Waals surface area contributed by atoms with Gasteiger partial charge < -0.3 is 9.73 Å². The molecule has 0 spiro atoms. The van der Waals surface area contributed by atoms with E-state index in [1.165, 1.54) is 12.3 Å². The number of hydrogen-bond donors (Lipinski definition) is 1. The summed E-state index contributed by atoms with van der Waals surface area (Å²) in [5.41, 5.74) is 1.40. The molecule has 4 nitrogen and oxygen atoms in total. The SMILES string of the molecule is Cc1cc(Cl)ccc1NC(=O)/C(C#N)=C/c1ccco1. The number of nitrogens with one attached hydrogen (secondary N) is 1. The number of hydrogen-bond acceptors (Lipinski definition) is 3. The molecule has 5 heteroatoms. The Bertz CT molecular complexity index is 697. The van der Waals surface area contributed by atoms with Crippen LogP contribution < -0.4 is 5.32 Å². The van der Waals surface area contributed by atoms with E-state index in [1.807, 2.05) is 13.0 Å². The summed E-state index contributed by atoms with van der Waals surface area (Å²) in [6.45, 7) is 1.82. The molecule has 1 amide bonds. The highest BCUT2D eigenvalue weighted by Crippen LogP contribution is 2.20. The predicted molar refractivity (Wildman–Crippen MR) is 77.1 cm³/mol. The molecule has 0 fully saturated rings. The fourth-order valence-corrected chi connectivity index (χ4v) is 1.85. The van der Waals surface area contributed by atoms with E-state index < -0.39 is 5.91 Å². The van der Waals surface area contributed by atoms with Gasteiger partial charge in [-0.3, -0.25) is 4.79 Å². The van der Waals surface area contributed by atoms with Gasteiger partial charge in [0.05, 0.1) is 6.26 Å². The number of carbonyl (C=O) groups excluding carboxylic acids is 1. The van der Waals surface area contributed by atoms with Crippen molar-refractivity contribution in [2.75, 3.05) is 5.32 Å². The fraction of sp³-hybridized carbons (Fsp3) is 0.0667. The second kappa shape index (κ2) is 6.09. The van der Waals surface area contributed by atoms with Gasteiger partial charge >= 0.3 is 0 Å². The summed E-state index contributed by atoms with van der Waals surface area (Å²) in [5.74, 6) is -0.0427. The third-order valence-corrected chi connectivity index (χ3v) is 2.87. The van der Waals surface area contributed by atoms with Gasteiger partial charge in [0, 0.05) is 16.8 Å². The second-order valence-corrected chi connectivity index (χ2v) is 4.54. The lowest BCUT2D eigenvalue weighted by molar-refractivity contribution is -0.112. The van der Waals surface area contributed by atoms with Gasteiger partial charge in [-0.05, 0) is 42.8 Å². The molecule has 0 aliphatic heterocycles. The quantitative estimate of drug-likeness (QED) is 0.689. The molecule has 0 saturated carbocycles. The minimum atomic E-state index is -0.491. The van der Waals surface area contributed by atoms with Crippen LogP contribution in [-0.2, 0) is 4.79 Å². The molecule has 0 unspecified atom stereocenters. The molecule has 0 radical (unpaired) electrons. The zero-order valence-electron chi connectivity index (χ0n) is 10.7. The van der Waals surface area contributed by atoms with Crippen LogP contribution in [0.2, 0.25) is 5.02 Å². The molecule has 0 atom stereocenters. The molecule has 0 bridgehead atoms. The lowest BCUT2D eigenvalue weighted by Crippen LogP contribution is -2.14. The molecular formula is C15H11ClN2O2. The number of anilines is 1. The third kappa shape index (κ3) is 3.28. The number of furan rings is 1. The van der Waals surface area contributed by atoms with Crippen LogP contribution in [0.4, 0.5) is 5.69 Å². The summed E-state index contributed by atoms with van der Waals surface area (Å²) in [7, 11) is 0. The van der Waals surface area contributed by atoms with Crippen molar-refractivity contribution >= 4 is 29.3 Å². The first-order chi connectivity index (χ1) is 9.60. The smallest absolute Gasteiger partial charge is 0.266 e. The highest BCUT2D eigenvalue weighted by molar-refractivity contribution is 6.30. The molecule has 1 heterocycles. The average Bonchev–Trinajstić information content (AvgIpc) is 2.92. The molecular weight excluding hydrogens is 276 g/mol. The Labute approximate surface area is 121 Å². The monoisotopic (exact) mass is 286 g/mol. The van der Waals surface area contributed by atoms with E-state index in [-0.39, 0.29) is 5.57 Å². The van der Waals surface area contributed by atoms with Crippen molar-refractivity contribution in [3.05, 3.63) is 58.5 Å². The summed E-state index contributed by atoms with van der Waals surface area (Å²) >= 11 is 5.85. The Kier molecular flexibility index (Phi) is 4.24. The van der Waals surface area contributed by atoms with Crippen molar-refractivity contribution in [1.29, 1.82) is 5.26 Å². The van der Waals surface area contributed by atoms with Crippen molar-refractivity contribution in [1.82, 2.24) is 0 Å². The Hall–Kier alpha value is -2.51. The molecule has 100 valence electrons. The maximum Gasteiger partial charge on any atom is 0.266 e. The van der Waals surface area contributed by atoms with E-state index in [4.69, 9.17) is 21.3 Å². The number of carbonyl (C=O) groups is 1. The van der Waals surface area contributed by atoms with Crippen LogP contribution in [-0.4, -0.2) is 5.91 Å². The number of benzene rings is 1. The highest BCUT2D eigenvalue weighted by Gasteiger charge is 2.11. The highest BCUT2D eigenvalue weighted by atomic mass is 35.5. The van der Waals surface area contributed by atoms with Crippen molar-refractivity contribution < 1.29 is 9.21 Å². The Balaban J connectivity index is 2.20. The normalized spacial score (nSPS) is 10.9. The minimum absolute atomic E-state index is 0.0331. The molecule has 1 N–H and O–H groups in total. The lowest BCUT2D eigenvalue weighted by atomic mass is 10.1. The van der Waals surface area contributed by atoms with E-state index >= 15 is 0 Å². The van der Waals surface area contributed by atoms with Crippen LogP contribution in [0.3, 0.4) is 0 Å². The third-order valence-electron chi connectivity index (χ3n) is 2.63. The van der Waals surface area contributed by atoms with Crippen LogP contribution in [0, 0.1) is 18.3 Å². The summed E-state index contributed by atoms with van der Waals surface area (Å²) in [6, 6.07) is 10.3. The zero-order chi connectivity index (χ0) is 14.5. The van der Waals surface area contributed by atoms with Crippen molar-refractivity contribution in [3.8, 4) is 6.07 Å². The number of nitriles is 1. The Morgan fingerprint density at radius 3 is 2.85 bits per heavy atom. The van der Waals surface area contributed by atoms with Gasteiger partial charge in [-0.1, -0.05) is 11.6 Å². The zero-order valence-corrected chi connectivity index (χ0v) is 11.4. The number of rotatable bonds is 3. The molecule has 0 saturated heterocycles. The van der Waals surface area contributed by atoms with Gasteiger partial charge in [0.2, 0.25) is 0 Å². The van der Waals surface area contributed by atoms with Crippen LogP contribution in [0.15, 0.2) is 46.6 Å². The summed E-state index contributed by atoms with van der Waals surface area (Å²) in [4.78, 5) is 12.0. The molecule has 0 aliphatic rings. The van der Waals surface area contributed by atoms with E-state index in [0.29, 0.717) is 16.5 Å². The largest absolute Gasteiger partial charge is 0.465 e. The minimum Gasteiger partial charge on any atom is -0.465 e. The van der Waals surface area contributed by atoms with Crippen LogP contribution in [0.5, 0.6) is 0 Å². The van der Waals surface area contributed by atoms with Gasteiger partial charge in [0.25, 0.3) is 5.91 Å². The van der Waals surface area contributed by atoms with Crippen molar-refractivity contribution in [3.63, 3.8) is 0 Å². The van der Waals surface area contributed by atoms with E-state index in [0.717, 1.165) is 5.56 Å². The average molecular weight is 287 g/mol. The topological polar surface area (TPSA) is 66.0 Å². The number of aryl methyl sites for hydroxylation is 1. The van der Waals surface area contributed by atoms with E-state index in [1.54, 1.807) is 30.3 Å². The number of nitrogens with zero attached hydrogens (tertiary/aromatic N) is 1. The van der Waals surface area contributed by atoms with Gasteiger partial charge in [-0.25, -0.2) is 0 Å². The van der Waals surface area contributed by atoms with Gasteiger partial charge in [0.1, 0.15) is 17.4 Å². The van der Waals surface area contributed by atoms with Crippen LogP contribution in [0.25, 0.3) is 6.08 Å². The molecule has 0 aliphatic carbocycles. The standard InChI is InChI=1S/C15H11ClN2O2/c1-10-7-12(16)4-5-14(10)18-15(19)11(9-17)8-13-3-2-6-20-13/h2-8H,1H3,(H,18,19)/b11-8+. The molecule has 2 rings (SSSR count). The molecule has 1 aromatic carbocycles. The first kappa shape index (κ1) is 13.9. The lowest BCUT2D eigenvalue weighted by Gasteiger charge is -2.07. The second-order valence-electron chi connectivity index (χ2n) is 4.10. The summed E-state index contributed by atoms with van der Waals surface area (Å²) < 4.78 is 5.08. The first-order valence-electron chi connectivity index (χ1n) is 5.83. The Morgan fingerprint density at radius 1 is 1.45 bits per heavy atom. The molecule has 1 aromatic heterocycles. The first-order valence-corrected chi connectivity index (χ1v) is 6.21. The van der Waals surface area contributed by atoms with Crippen molar-refractivity contribution in [2.24, 2.45) is 0 Å². The summed E-state index contributed by atoms with van der Waals surface area (Å²) in [5, 5.41) is 12.3. The van der Waals surface area contributed by atoms with Crippen molar-refractivity contribution in [2.45, 2.75) is 6.92 Å². The molecule has 20 heavy (non-hydrogen) atoms. The predicted octanol–water partition coefficient (Wildman–Crippen LogP) is 3.79. The summed E-state index contributed by atoms with van der Waals surface area (Å²) in [6.07, 6.45) is 2.86. The van der Waals surface area contributed by atoms with Gasteiger partial charge in [-0.15, -0.1) is 0 Å². The number of halogens is 1. The maximum absolute atomic E-state index is 12.0. The van der Waals surface area contributed by atoms with Crippen LogP contribution >= 0.6 is 11.6 Å². The van der Waals surface area contributed by atoms with E-state index in [2.05, 4.69) is 5.32 Å². The Morgan fingerprint density at radius 2 is 2.25 bits per heavy atom.